The first-order valence-electron chi connectivity index (χ1n) is 9.29. The van der Waals surface area contributed by atoms with Crippen LogP contribution in [0.5, 0.6) is 23.0 Å². The summed E-state index contributed by atoms with van der Waals surface area (Å²) in [6, 6.07) is 5.71. The molecule has 0 radical (unpaired) electrons. The standard InChI is InChI=1S/C23H18N2O6/c1-3-5-30-24-17-11-23(15-9-21(28)19(26)7-13(15)17)12-18(25-31-6-4-2)14-8-20(27)22(29)10-16(14)23/h1-2,7-10,26-29H,5-6,11-12H2/b24-17+,25-18+. The molecule has 4 rings (SSSR count). The van der Waals surface area contributed by atoms with Crippen molar-refractivity contribution in [3.63, 3.8) is 0 Å². The third-order valence-electron chi connectivity index (χ3n) is 5.47. The highest BCUT2D eigenvalue weighted by molar-refractivity contribution is 6.13. The Morgan fingerprint density at radius 3 is 1.52 bits per heavy atom. The van der Waals surface area contributed by atoms with Crippen LogP contribution in [0.25, 0.3) is 0 Å². The largest absolute Gasteiger partial charge is 0.504 e. The average Bonchev–Trinajstić information content (AvgIpc) is 3.19. The van der Waals surface area contributed by atoms with Crippen LogP contribution in [0, 0.1) is 24.7 Å². The van der Waals surface area contributed by atoms with Crippen molar-refractivity contribution in [3.8, 4) is 47.7 Å². The Morgan fingerprint density at radius 1 is 0.742 bits per heavy atom. The fraction of sp³-hybridized carbons (Fsp3) is 0.217. The van der Waals surface area contributed by atoms with Crippen molar-refractivity contribution in [2.75, 3.05) is 13.2 Å². The van der Waals surface area contributed by atoms with Crippen LogP contribution in [0.3, 0.4) is 0 Å². The number of phenolic OH excluding ortho intramolecular Hbond substituents is 4. The van der Waals surface area contributed by atoms with Crippen molar-refractivity contribution < 1.29 is 30.1 Å². The molecule has 0 heterocycles. The van der Waals surface area contributed by atoms with E-state index in [1.807, 2.05) is 0 Å². The van der Waals surface area contributed by atoms with Gasteiger partial charge in [0.25, 0.3) is 0 Å². The highest BCUT2D eigenvalue weighted by atomic mass is 16.6. The van der Waals surface area contributed by atoms with E-state index < -0.39 is 5.41 Å². The van der Waals surface area contributed by atoms with Gasteiger partial charge in [-0.15, -0.1) is 12.8 Å². The predicted molar refractivity (Wildman–Crippen MR) is 112 cm³/mol. The average molecular weight is 418 g/mol. The quantitative estimate of drug-likeness (QED) is 0.261. The molecule has 0 bridgehead atoms. The van der Waals surface area contributed by atoms with E-state index in [0.717, 1.165) is 0 Å². The molecule has 0 saturated heterocycles. The van der Waals surface area contributed by atoms with E-state index >= 15 is 0 Å². The van der Waals surface area contributed by atoms with Crippen LogP contribution in [0.15, 0.2) is 34.6 Å². The van der Waals surface area contributed by atoms with E-state index in [-0.39, 0.29) is 36.2 Å². The second-order valence-electron chi connectivity index (χ2n) is 7.24. The van der Waals surface area contributed by atoms with Gasteiger partial charge in [-0.25, -0.2) is 0 Å². The molecule has 0 atom stereocenters. The summed E-state index contributed by atoms with van der Waals surface area (Å²) < 4.78 is 0. The Balaban J connectivity index is 1.93. The van der Waals surface area contributed by atoms with Gasteiger partial charge < -0.3 is 30.1 Å². The van der Waals surface area contributed by atoms with Crippen molar-refractivity contribution in [1.29, 1.82) is 0 Å². The summed E-state index contributed by atoms with van der Waals surface area (Å²) >= 11 is 0. The van der Waals surface area contributed by atoms with Crippen LogP contribution in [0.4, 0.5) is 0 Å². The number of rotatable bonds is 4. The molecule has 8 heteroatoms. The number of hydrogen-bond acceptors (Lipinski definition) is 8. The smallest absolute Gasteiger partial charge is 0.177 e. The van der Waals surface area contributed by atoms with Crippen LogP contribution >= 0.6 is 0 Å². The molecule has 0 fully saturated rings. The first-order valence-corrected chi connectivity index (χ1v) is 9.29. The van der Waals surface area contributed by atoms with E-state index in [0.29, 0.717) is 46.5 Å². The van der Waals surface area contributed by atoms with Crippen LogP contribution in [0.2, 0.25) is 0 Å². The Hall–Kier alpha value is -4.30. The number of nitrogens with zero attached hydrogens (tertiary/aromatic N) is 2. The normalized spacial score (nSPS) is 17.9. The zero-order valence-corrected chi connectivity index (χ0v) is 16.3. The number of fused-ring (bicyclic) bond motifs is 4. The summed E-state index contributed by atoms with van der Waals surface area (Å²) in [7, 11) is 0. The van der Waals surface area contributed by atoms with Crippen molar-refractivity contribution >= 4 is 11.4 Å². The maximum Gasteiger partial charge on any atom is 0.177 e. The van der Waals surface area contributed by atoms with E-state index in [2.05, 4.69) is 22.2 Å². The van der Waals surface area contributed by atoms with Crippen molar-refractivity contribution in [3.05, 3.63) is 46.5 Å². The summed E-state index contributed by atoms with van der Waals surface area (Å²) in [6.07, 6.45) is 11.1. The zero-order valence-electron chi connectivity index (χ0n) is 16.3. The third kappa shape index (κ3) is 3.15. The maximum absolute atomic E-state index is 10.2. The molecule has 0 saturated carbocycles. The third-order valence-corrected chi connectivity index (χ3v) is 5.47. The topological polar surface area (TPSA) is 124 Å². The Morgan fingerprint density at radius 2 is 1.13 bits per heavy atom. The van der Waals surface area contributed by atoms with E-state index in [9.17, 15) is 20.4 Å². The second kappa shape index (κ2) is 7.51. The summed E-state index contributed by atoms with van der Waals surface area (Å²) in [5.74, 6) is 3.44. The minimum Gasteiger partial charge on any atom is -0.504 e. The number of benzene rings is 2. The monoisotopic (exact) mass is 418 g/mol. The molecule has 0 aliphatic heterocycles. The highest BCUT2D eigenvalue weighted by Gasteiger charge is 2.51. The number of hydrogen-bond donors (Lipinski definition) is 4. The molecule has 2 aliphatic carbocycles. The lowest BCUT2D eigenvalue weighted by molar-refractivity contribution is 0.178. The first kappa shape index (κ1) is 20.0. The predicted octanol–water partition coefficient (Wildman–Crippen LogP) is 2.31. The Bertz CT molecular complexity index is 1120. The molecule has 156 valence electrons. The highest BCUT2D eigenvalue weighted by Crippen LogP contribution is 2.55. The van der Waals surface area contributed by atoms with Gasteiger partial charge in [0, 0.05) is 29.4 Å². The lowest BCUT2D eigenvalue weighted by Gasteiger charge is -2.25. The van der Waals surface area contributed by atoms with Crippen molar-refractivity contribution in [2.45, 2.75) is 18.3 Å². The van der Waals surface area contributed by atoms with Crippen molar-refractivity contribution in [1.82, 2.24) is 0 Å². The SMILES string of the molecule is C#CCO/N=C1\CC2(C/C(=N\OCC#C)c3cc(O)c(O)cc32)c2cc(O)c(O)cc21. The van der Waals surface area contributed by atoms with Gasteiger partial charge in [0.15, 0.2) is 36.2 Å². The molecule has 8 nitrogen and oxygen atoms in total. The summed E-state index contributed by atoms with van der Waals surface area (Å²) in [5.41, 5.74) is 2.64. The minimum atomic E-state index is -0.808. The molecular weight excluding hydrogens is 400 g/mol. The molecule has 1 spiro atoms. The molecular formula is C23H18N2O6. The van der Waals surface area contributed by atoms with Gasteiger partial charge in [-0.2, -0.15) is 0 Å². The molecule has 0 unspecified atom stereocenters. The van der Waals surface area contributed by atoms with Gasteiger partial charge in [-0.1, -0.05) is 22.2 Å². The fourth-order valence-electron chi connectivity index (χ4n) is 4.23. The van der Waals surface area contributed by atoms with Gasteiger partial charge in [-0.3, -0.25) is 0 Å². The fourth-order valence-corrected chi connectivity index (χ4v) is 4.23. The molecule has 2 aliphatic rings. The van der Waals surface area contributed by atoms with Gasteiger partial charge in [0.1, 0.15) is 0 Å². The Kier molecular flexibility index (Phi) is 4.84. The second-order valence-corrected chi connectivity index (χ2v) is 7.24. The van der Waals surface area contributed by atoms with Crippen LogP contribution in [-0.2, 0) is 15.1 Å². The zero-order chi connectivity index (χ0) is 22.2. The molecule has 2 aromatic rings. The molecule has 2 aromatic carbocycles. The minimum absolute atomic E-state index is 0.0339. The van der Waals surface area contributed by atoms with Crippen molar-refractivity contribution in [2.24, 2.45) is 10.3 Å². The van der Waals surface area contributed by atoms with Gasteiger partial charge in [-0.05, 0) is 35.4 Å². The van der Waals surface area contributed by atoms with E-state index in [1.54, 1.807) is 0 Å². The number of terminal acetylenes is 2. The number of oxime groups is 2. The molecule has 31 heavy (non-hydrogen) atoms. The summed E-state index contributed by atoms with van der Waals surface area (Å²) in [4.78, 5) is 10.3. The lowest BCUT2D eigenvalue weighted by atomic mass is 9.76. The van der Waals surface area contributed by atoms with Crippen LogP contribution in [0.1, 0.15) is 35.1 Å². The maximum atomic E-state index is 10.2. The summed E-state index contributed by atoms with van der Waals surface area (Å²) in [6.45, 7) is -0.0679. The van der Waals surface area contributed by atoms with E-state index in [1.165, 1.54) is 24.3 Å². The van der Waals surface area contributed by atoms with Crippen LogP contribution < -0.4 is 0 Å². The van der Waals surface area contributed by atoms with Gasteiger partial charge in [0.05, 0.1) is 11.4 Å². The Labute approximate surface area is 178 Å². The molecule has 0 amide bonds. The lowest BCUT2D eigenvalue weighted by Crippen LogP contribution is -2.22. The molecule has 4 N–H and O–H groups in total. The molecule has 0 aromatic heterocycles. The first-order chi connectivity index (χ1) is 14.9. The van der Waals surface area contributed by atoms with Gasteiger partial charge in [0.2, 0.25) is 0 Å². The van der Waals surface area contributed by atoms with Crippen LogP contribution in [-0.4, -0.2) is 45.1 Å². The number of aromatic hydroxyl groups is 4. The number of phenols is 4. The van der Waals surface area contributed by atoms with E-state index in [4.69, 9.17) is 22.5 Å². The summed E-state index contributed by atoms with van der Waals surface area (Å²) in [5, 5.41) is 48.8. The van der Waals surface area contributed by atoms with Gasteiger partial charge >= 0.3 is 0 Å².